The van der Waals surface area contributed by atoms with E-state index in [1.54, 1.807) is 11.3 Å². The van der Waals surface area contributed by atoms with E-state index in [2.05, 4.69) is 33.2 Å². The second-order valence-corrected chi connectivity index (χ2v) is 6.80. The summed E-state index contributed by atoms with van der Waals surface area (Å²) >= 11 is 1.74. The molecular weight excluding hydrogens is 310 g/mol. The van der Waals surface area contributed by atoms with Crippen LogP contribution in [0.3, 0.4) is 0 Å². The molecule has 0 aliphatic carbocycles. The zero-order chi connectivity index (χ0) is 15.8. The third-order valence-electron chi connectivity index (χ3n) is 4.03. The molecule has 0 saturated carbocycles. The first kappa shape index (κ1) is 14.6. The number of anilines is 1. The lowest BCUT2D eigenvalue weighted by Gasteiger charge is -2.32. The second-order valence-electron chi connectivity index (χ2n) is 5.79. The van der Waals surface area contributed by atoms with Crippen molar-refractivity contribution in [2.24, 2.45) is 0 Å². The molecule has 0 bridgehead atoms. The van der Waals surface area contributed by atoms with E-state index in [1.165, 1.54) is 4.70 Å². The number of benzene rings is 1. The number of aryl methyl sites for hydroxylation is 2. The fraction of sp³-hybridized carbons (Fsp3) is 0.438. The van der Waals surface area contributed by atoms with Crippen molar-refractivity contribution in [1.82, 2.24) is 19.7 Å². The molecule has 1 fully saturated rings. The minimum Gasteiger partial charge on any atom is -0.373 e. The van der Waals surface area contributed by atoms with Crippen LogP contribution in [0.25, 0.3) is 10.2 Å². The highest BCUT2D eigenvalue weighted by atomic mass is 32.1. The van der Waals surface area contributed by atoms with Crippen LogP contribution in [0, 0.1) is 13.8 Å². The van der Waals surface area contributed by atoms with E-state index in [4.69, 9.17) is 9.72 Å². The van der Waals surface area contributed by atoms with Crippen molar-refractivity contribution in [3.05, 3.63) is 35.9 Å². The number of aromatic nitrogens is 4. The first-order valence-corrected chi connectivity index (χ1v) is 8.61. The van der Waals surface area contributed by atoms with Crippen molar-refractivity contribution in [1.29, 1.82) is 0 Å². The Morgan fingerprint density at radius 2 is 2.13 bits per heavy atom. The minimum atomic E-state index is 0.107. The predicted octanol–water partition coefficient (Wildman–Crippen LogP) is 2.41. The largest absolute Gasteiger partial charge is 0.373 e. The van der Waals surface area contributed by atoms with Crippen LogP contribution in [-0.4, -0.2) is 45.5 Å². The molecule has 3 aromatic rings. The number of thiazole rings is 1. The summed E-state index contributed by atoms with van der Waals surface area (Å²) in [7, 11) is 0. The maximum atomic E-state index is 5.92. The Kier molecular flexibility index (Phi) is 3.74. The number of morpholine rings is 1. The summed E-state index contributed by atoms with van der Waals surface area (Å²) in [6.07, 6.45) is 0.107. The van der Waals surface area contributed by atoms with Crippen LogP contribution in [-0.2, 0) is 11.3 Å². The van der Waals surface area contributed by atoms with E-state index < -0.39 is 0 Å². The van der Waals surface area contributed by atoms with Gasteiger partial charge in [0, 0.05) is 13.1 Å². The lowest BCUT2D eigenvalue weighted by Crippen LogP contribution is -2.44. The molecule has 0 amide bonds. The lowest BCUT2D eigenvalue weighted by atomic mass is 10.3. The summed E-state index contributed by atoms with van der Waals surface area (Å²) < 4.78 is 9.08. The number of hydrogen-bond donors (Lipinski definition) is 0. The molecule has 3 heterocycles. The van der Waals surface area contributed by atoms with E-state index >= 15 is 0 Å². The molecule has 0 N–H and O–H groups in total. The van der Waals surface area contributed by atoms with Gasteiger partial charge in [0.25, 0.3) is 0 Å². The van der Waals surface area contributed by atoms with Crippen molar-refractivity contribution >= 4 is 26.7 Å². The van der Waals surface area contributed by atoms with Crippen LogP contribution < -0.4 is 4.90 Å². The molecular formula is C16H19N5OS. The maximum Gasteiger partial charge on any atom is 0.186 e. The highest BCUT2D eigenvalue weighted by molar-refractivity contribution is 7.22. The Hall–Kier alpha value is -1.99. The van der Waals surface area contributed by atoms with Gasteiger partial charge in [-0.15, -0.1) is 0 Å². The van der Waals surface area contributed by atoms with Crippen molar-refractivity contribution < 1.29 is 4.74 Å². The van der Waals surface area contributed by atoms with Gasteiger partial charge in [-0.1, -0.05) is 23.5 Å². The van der Waals surface area contributed by atoms with Gasteiger partial charge in [0.2, 0.25) is 0 Å². The highest BCUT2D eigenvalue weighted by Crippen LogP contribution is 2.29. The number of hydrogen-bond acceptors (Lipinski definition) is 6. The SMILES string of the molecule is Cc1nc(C)n(C[C@@H]2CN(c3nc4ccccc4s3)CCO2)n1. The molecule has 6 nitrogen and oxygen atoms in total. The molecule has 1 aromatic carbocycles. The summed E-state index contributed by atoms with van der Waals surface area (Å²) in [6.45, 7) is 7.05. The number of rotatable bonds is 3. The van der Waals surface area contributed by atoms with E-state index in [-0.39, 0.29) is 6.10 Å². The Balaban J connectivity index is 1.51. The van der Waals surface area contributed by atoms with Gasteiger partial charge in [-0.2, -0.15) is 5.10 Å². The molecule has 2 aromatic heterocycles. The van der Waals surface area contributed by atoms with Gasteiger partial charge >= 0.3 is 0 Å². The summed E-state index contributed by atoms with van der Waals surface area (Å²) in [6, 6.07) is 8.27. The standard InChI is InChI=1S/C16H19N5OS/c1-11-17-12(2)21(19-11)10-13-9-20(7-8-22-13)16-18-14-5-3-4-6-15(14)23-16/h3-6,13H,7-10H2,1-2H3/t13-/m0/s1. The quantitative estimate of drug-likeness (QED) is 0.738. The smallest absolute Gasteiger partial charge is 0.186 e. The summed E-state index contributed by atoms with van der Waals surface area (Å²) in [4.78, 5) is 11.4. The van der Waals surface area contributed by atoms with Crippen LogP contribution in [0.15, 0.2) is 24.3 Å². The highest BCUT2D eigenvalue weighted by Gasteiger charge is 2.24. The fourth-order valence-electron chi connectivity index (χ4n) is 2.93. The van der Waals surface area contributed by atoms with Gasteiger partial charge in [-0.25, -0.2) is 14.6 Å². The Morgan fingerprint density at radius 3 is 2.91 bits per heavy atom. The summed E-state index contributed by atoms with van der Waals surface area (Å²) in [5.74, 6) is 1.74. The summed E-state index contributed by atoms with van der Waals surface area (Å²) in [5, 5.41) is 5.51. The fourth-order valence-corrected chi connectivity index (χ4v) is 3.93. The van der Waals surface area contributed by atoms with Crippen molar-refractivity contribution in [3.63, 3.8) is 0 Å². The molecule has 4 rings (SSSR count). The first-order valence-electron chi connectivity index (χ1n) is 7.79. The molecule has 120 valence electrons. The lowest BCUT2D eigenvalue weighted by molar-refractivity contribution is 0.0269. The monoisotopic (exact) mass is 329 g/mol. The van der Waals surface area contributed by atoms with Gasteiger partial charge in [0.15, 0.2) is 5.13 Å². The van der Waals surface area contributed by atoms with Crippen molar-refractivity contribution in [2.45, 2.75) is 26.5 Å². The molecule has 1 aliphatic heterocycles. The molecule has 7 heteroatoms. The van der Waals surface area contributed by atoms with Crippen molar-refractivity contribution in [3.8, 4) is 0 Å². The van der Waals surface area contributed by atoms with Gasteiger partial charge in [-0.3, -0.25) is 0 Å². The molecule has 0 radical (unpaired) electrons. The zero-order valence-electron chi connectivity index (χ0n) is 13.3. The van der Waals surface area contributed by atoms with Crippen LogP contribution in [0.1, 0.15) is 11.6 Å². The van der Waals surface area contributed by atoms with Gasteiger partial charge in [0.05, 0.1) is 29.5 Å². The molecule has 1 saturated heterocycles. The van der Waals surface area contributed by atoms with Crippen molar-refractivity contribution in [2.75, 3.05) is 24.6 Å². The van der Waals surface area contributed by atoms with E-state index in [0.29, 0.717) is 6.61 Å². The van der Waals surface area contributed by atoms with Gasteiger partial charge < -0.3 is 9.64 Å². The number of nitrogens with zero attached hydrogens (tertiary/aromatic N) is 5. The zero-order valence-corrected chi connectivity index (χ0v) is 14.1. The minimum absolute atomic E-state index is 0.107. The third-order valence-corrected chi connectivity index (χ3v) is 5.13. The predicted molar refractivity (Wildman–Crippen MR) is 91.1 cm³/mol. The van der Waals surface area contributed by atoms with Gasteiger partial charge in [0.1, 0.15) is 11.6 Å². The van der Waals surface area contributed by atoms with Crippen LogP contribution >= 0.6 is 11.3 Å². The number of para-hydroxylation sites is 1. The topological polar surface area (TPSA) is 56.1 Å². The normalized spacial score (nSPS) is 18.7. The van der Waals surface area contributed by atoms with Gasteiger partial charge in [-0.05, 0) is 26.0 Å². The second kappa shape index (κ2) is 5.90. The maximum absolute atomic E-state index is 5.92. The Bertz CT molecular complexity index is 794. The first-order chi connectivity index (χ1) is 11.2. The Morgan fingerprint density at radius 1 is 1.26 bits per heavy atom. The molecule has 0 spiro atoms. The van der Waals surface area contributed by atoms with Crippen LogP contribution in [0.2, 0.25) is 0 Å². The average molecular weight is 329 g/mol. The number of fused-ring (bicyclic) bond motifs is 1. The molecule has 1 atom stereocenters. The average Bonchev–Trinajstić information content (AvgIpc) is 3.11. The Labute approximate surface area is 138 Å². The van der Waals surface area contributed by atoms with E-state index in [1.807, 2.05) is 24.6 Å². The molecule has 1 aliphatic rings. The molecule has 0 unspecified atom stereocenters. The van der Waals surface area contributed by atoms with Crippen LogP contribution in [0.5, 0.6) is 0 Å². The van der Waals surface area contributed by atoms with Crippen LogP contribution in [0.4, 0.5) is 5.13 Å². The molecule has 23 heavy (non-hydrogen) atoms. The van der Waals surface area contributed by atoms with E-state index in [0.717, 1.165) is 41.9 Å². The van der Waals surface area contributed by atoms with E-state index in [9.17, 15) is 0 Å². The number of ether oxygens (including phenoxy) is 1. The third kappa shape index (κ3) is 2.94. The summed E-state index contributed by atoms with van der Waals surface area (Å²) in [5.41, 5.74) is 1.07.